The largest absolute Gasteiger partial charge is 0.497 e. The minimum Gasteiger partial charge on any atom is -0.497 e. The van der Waals surface area contributed by atoms with Gasteiger partial charge in [0, 0.05) is 19.0 Å². The van der Waals surface area contributed by atoms with Gasteiger partial charge in [-0.3, -0.25) is 9.69 Å². The van der Waals surface area contributed by atoms with Crippen molar-refractivity contribution in [3.63, 3.8) is 0 Å². The number of amides is 1. The van der Waals surface area contributed by atoms with Crippen molar-refractivity contribution in [1.29, 1.82) is 0 Å². The van der Waals surface area contributed by atoms with Crippen LogP contribution in [0.25, 0.3) is 0 Å². The van der Waals surface area contributed by atoms with Gasteiger partial charge in [0.25, 0.3) is 0 Å². The Labute approximate surface area is 167 Å². The lowest BCUT2D eigenvalue weighted by Crippen LogP contribution is -2.37. The third kappa shape index (κ3) is 4.39. The minimum atomic E-state index is 0.228. The fourth-order valence-corrected chi connectivity index (χ4v) is 4.51. The summed E-state index contributed by atoms with van der Waals surface area (Å²) in [6, 6.07) is 18.7. The summed E-state index contributed by atoms with van der Waals surface area (Å²) < 4.78 is 5.23. The van der Waals surface area contributed by atoms with Crippen LogP contribution in [0, 0.1) is 11.3 Å². The molecule has 2 fully saturated rings. The van der Waals surface area contributed by atoms with E-state index in [2.05, 4.69) is 34.5 Å². The van der Waals surface area contributed by atoms with Crippen LogP contribution in [0.4, 0.5) is 0 Å². The fraction of sp³-hybridized carbons (Fsp3) is 0.458. The normalized spacial score (nSPS) is 20.7. The predicted molar refractivity (Wildman–Crippen MR) is 111 cm³/mol. The number of likely N-dealkylation sites (tertiary alicyclic amines) is 1. The number of ether oxygens (including phenoxy) is 1. The third-order valence-corrected chi connectivity index (χ3v) is 6.48. The van der Waals surface area contributed by atoms with Gasteiger partial charge in [-0.1, -0.05) is 42.5 Å². The maximum Gasteiger partial charge on any atom is 0.223 e. The molecule has 1 aliphatic carbocycles. The van der Waals surface area contributed by atoms with Crippen LogP contribution in [0.3, 0.4) is 0 Å². The first-order valence-corrected chi connectivity index (χ1v) is 10.4. The standard InChI is InChI=1S/C24H30N2O2/c1-28-21-9-7-20(8-10-21)18-26-15-12-24(13-16-26)17-22(24)23(27)25-14-11-19-5-3-2-4-6-19/h2-10,22H,11-18H2,1H3,(H,25,27). The van der Waals surface area contributed by atoms with Gasteiger partial charge < -0.3 is 10.1 Å². The molecule has 4 heteroatoms. The maximum absolute atomic E-state index is 12.6. The van der Waals surface area contributed by atoms with E-state index in [-0.39, 0.29) is 17.2 Å². The Morgan fingerprint density at radius 2 is 1.79 bits per heavy atom. The summed E-state index contributed by atoms with van der Waals surface area (Å²) in [7, 11) is 1.70. The molecular formula is C24H30N2O2. The average molecular weight is 379 g/mol. The Hall–Kier alpha value is -2.33. The van der Waals surface area contributed by atoms with Crippen LogP contribution in [0.2, 0.25) is 0 Å². The van der Waals surface area contributed by atoms with Crippen molar-refractivity contribution in [2.45, 2.75) is 32.2 Å². The highest BCUT2D eigenvalue weighted by Gasteiger charge is 2.58. The molecule has 1 N–H and O–H groups in total. The first-order valence-electron chi connectivity index (χ1n) is 10.4. The molecule has 4 nitrogen and oxygen atoms in total. The van der Waals surface area contributed by atoms with Crippen LogP contribution in [0.1, 0.15) is 30.4 Å². The summed E-state index contributed by atoms with van der Waals surface area (Å²) in [4.78, 5) is 15.1. The molecule has 2 aromatic carbocycles. The van der Waals surface area contributed by atoms with Crippen LogP contribution >= 0.6 is 0 Å². The van der Waals surface area contributed by atoms with Crippen molar-refractivity contribution >= 4 is 5.91 Å². The molecule has 28 heavy (non-hydrogen) atoms. The van der Waals surface area contributed by atoms with E-state index in [1.165, 1.54) is 11.1 Å². The minimum absolute atomic E-state index is 0.228. The Balaban J connectivity index is 1.20. The molecular weight excluding hydrogens is 348 g/mol. The number of carbonyl (C=O) groups is 1. The predicted octanol–water partition coefficient (Wildman–Crippen LogP) is 3.66. The summed E-state index contributed by atoms with van der Waals surface area (Å²) in [5.74, 6) is 1.39. The molecule has 1 unspecified atom stereocenters. The highest BCUT2D eigenvalue weighted by Crippen LogP contribution is 2.59. The number of rotatable bonds is 7. The van der Waals surface area contributed by atoms with Crippen molar-refractivity contribution in [1.82, 2.24) is 10.2 Å². The number of hydrogen-bond acceptors (Lipinski definition) is 3. The summed E-state index contributed by atoms with van der Waals surface area (Å²) in [5.41, 5.74) is 2.87. The molecule has 1 saturated carbocycles. The lowest BCUT2D eigenvalue weighted by atomic mass is 9.90. The Morgan fingerprint density at radius 1 is 1.07 bits per heavy atom. The smallest absolute Gasteiger partial charge is 0.223 e. The Bertz CT molecular complexity index is 780. The van der Waals surface area contributed by atoms with Crippen LogP contribution < -0.4 is 10.1 Å². The van der Waals surface area contributed by atoms with Crippen molar-refractivity contribution in [3.05, 3.63) is 65.7 Å². The lowest BCUT2D eigenvalue weighted by Gasteiger charge is -2.32. The Morgan fingerprint density at radius 3 is 2.46 bits per heavy atom. The Kier molecular flexibility index (Phi) is 5.67. The SMILES string of the molecule is COc1ccc(CN2CCC3(CC2)CC3C(=O)NCCc2ccccc2)cc1. The summed E-state index contributed by atoms with van der Waals surface area (Å²) in [6.45, 7) is 3.88. The van der Waals surface area contributed by atoms with E-state index in [1.807, 2.05) is 30.3 Å². The topological polar surface area (TPSA) is 41.6 Å². The molecule has 0 aromatic heterocycles. The summed E-state index contributed by atoms with van der Waals surface area (Å²) >= 11 is 0. The van der Waals surface area contributed by atoms with Crippen molar-refractivity contribution < 1.29 is 9.53 Å². The van der Waals surface area contributed by atoms with Gasteiger partial charge in [-0.2, -0.15) is 0 Å². The van der Waals surface area contributed by atoms with Gasteiger partial charge in [-0.15, -0.1) is 0 Å². The first kappa shape index (κ1) is 19.0. The number of methoxy groups -OCH3 is 1. The average Bonchev–Trinajstić information content (AvgIpc) is 3.45. The molecule has 0 radical (unpaired) electrons. The molecule has 1 heterocycles. The van der Waals surface area contributed by atoms with Crippen molar-refractivity contribution in [2.75, 3.05) is 26.7 Å². The van der Waals surface area contributed by atoms with Gasteiger partial charge in [0.05, 0.1) is 7.11 Å². The number of benzene rings is 2. The zero-order chi connectivity index (χ0) is 19.4. The van der Waals surface area contributed by atoms with E-state index in [1.54, 1.807) is 7.11 Å². The molecule has 1 saturated heterocycles. The van der Waals surface area contributed by atoms with E-state index in [0.717, 1.165) is 57.6 Å². The second-order valence-corrected chi connectivity index (χ2v) is 8.27. The van der Waals surface area contributed by atoms with E-state index < -0.39 is 0 Å². The lowest BCUT2D eigenvalue weighted by molar-refractivity contribution is -0.123. The first-order chi connectivity index (χ1) is 13.7. The van der Waals surface area contributed by atoms with Crippen molar-refractivity contribution in [3.8, 4) is 5.75 Å². The molecule has 2 aliphatic rings. The van der Waals surface area contributed by atoms with E-state index >= 15 is 0 Å². The highest BCUT2D eigenvalue weighted by atomic mass is 16.5. The van der Waals surface area contributed by atoms with Crippen LogP contribution in [0.15, 0.2) is 54.6 Å². The second-order valence-electron chi connectivity index (χ2n) is 8.27. The summed E-state index contributed by atoms with van der Waals surface area (Å²) in [6.07, 6.45) is 4.25. The highest BCUT2D eigenvalue weighted by molar-refractivity contribution is 5.82. The van der Waals surface area contributed by atoms with Crippen molar-refractivity contribution in [2.24, 2.45) is 11.3 Å². The monoisotopic (exact) mass is 378 g/mol. The van der Waals surface area contributed by atoms with Gasteiger partial charge in [0.1, 0.15) is 5.75 Å². The zero-order valence-corrected chi connectivity index (χ0v) is 16.7. The molecule has 1 amide bonds. The van der Waals surface area contributed by atoms with E-state index in [0.29, 0.717) is 0 Å². The van der Waals surface area contributed by atoms with Gasteiger partial charge in [0.2, 0.25) is 5.91 Å². The number of hydrogen-bond donors (Lipinski definition) is 1. The molecule has 148 valence electrons. The zero-order valence-electron chi connectivity index (χ0n) is 16.7. The maximum atomic E-state index is 12.6. The number of carbonyl (C=O) groups excluding carboxylic acids is 1. The molecule has 0 bridgehead atoms. The second kappa shape index (κ2) is 8.36. The van der Waals surface area contributed by atoms with Crippen LogP contribution in [-0.4, -0.2) is 37.6 Å². The molecule has 4 rings (SSSR count). The summed E-state index contributed by atoms with van der Waals surface area (Å²) in [5, 5.41) is 3.16. The third-order valence-electron chi connectivity index (χ3n) is 6.48. The van der Waals surface area contributed by atoms with Gasteiger partial charge in [0.15, 0.2) is 0 Å². The van der Waals surface area contributed by atoms with Gasteiger partial charge >= 0.3 is 0 Å². The molecule has 2 aromatic rings. The van der Waals surface area contributed by atoms with E-state index in [9.17, 15) is 4.79 Å². The fourth-order valence-electron chi connectivity index (χ4n) is 4.51. The quantitative estimate of drug-likeness (QED) is 0.800. The molecule has 1 spiro atoms. The van der Waals surface area contributed by atoms with Gasteiger partial charge in [-0.05, 0) is 67.4 Å². The molecule has 1 aliphatic heterocycles. The van der Waals surface area contributed by atoms with E-state index in [4.69, 9.17) is 4.74 Å². The number of nitrogens with one attached hydrogen (secondary N) is 1. The molecule has 1 atom stereocenters. The van der Waals surface area contributed by atoms with Gasteiger partial charge in [-0.25, -0.2) is 0 Å². The number of piperidine rings is 1. The van der Waals surface area contributed by atoms with Crippen LogP contribution in [-0.2, 0) is 17.8 Å². The number of nitrogens with zero attached hydrogens (tertiary/aromatic N) is 1. The van der Waals surface area contributed by atoms with Crippen LogP contribution in [0.5, 0.6) is 5.75 Å².